The summed E-state index contributed by atoms with van der Waals surface area (Å²) in [6.07, 6.45) is 3.56. The molecule has 2 rings (SSSR count). The molecule has 0 bridgehead atoms. The Morgan fingerprint density at radius 1 is 1.21 bits per heavy atom. The standard InChI is InChI=1S/C19H20N2O3/c1-3-17(15-10-8-14(2)9-11-15)20-19(22)13-12-16-6-4-5-7-18(16)21(23)24/h4-13,17H,3H2,1-2H3,(H,20,22)/b13-12+/t17-/m0/s1. The second-order valence-electron chi connectivity index (χ2n) is 5.53. The lowest BCUT2D eigenvalue weighted by atomic mass is 10.0. The number of amides is 1. The molecule has 0 aliphatic rings. The third kappa shape index (κ3) is 4.52. The Labute approximate surface area is 141 Å². The Morgan fingerprint density at radius 3 is 2.50 bits per heavy atom. The van der Waals surface area contributed by atoms with Crippen LogP contribution in [0.1, 0.15) is 36.1 Å². The average molecular weight is 324 g/mol. The molecule has 0 fully saturated rings. The first-order valence-electron chi connectivity index (χ1n) is 7.79. The highest BCUT2D eigenvalue weighted by Gasteiger charge is 2.12. The van der Waals surface area contributed by atoms with Crippen molar-refractivity contribution in [2.75, 3.05) is 0 Å². The van der Waals surface area contributed by atoms with Crippen LogP contribution in [0, 0.1) is 17.0 Å². The monoisotopic (exact) mass is 324 g/mol. The molecule has 0 aliphatic carbocycles. The Kier molecular flexibility index (Phi) is 5.84. The van der Waals surface area contributed by atoms with Crippen molar-refractivity contribution in [3.05, 3.63) is 81.4 Å². The predicted molar refractivity (Wildman–Crippen MR) is 94.5 cm³/mol. The van der Waals surface area contributed by atoms with Crippen molar-refractivity contribution in [2.24, 2.45) is 0 Å². The van der Waals surface area contributed by atoms with Crippen LogP contribution < -0.4 is 5.32 Å². The molecule has 0 aromatic heterocycles. The Balaban J connectivity index is 2.09. The summed E-state index contributed by atoms with van der Waals surface area (Å²) in [6, 6.07) is 14.2. The van der Waals surface area contributed by atoms with Crippen molar-refractivity contribution in [1.29, 1.82) is 0 Å². The molecule has 0 radical (unpaired) electrons. The van der Waals surface area contributed by atoms with Crippen LogP contribution in [0.3, 0.4) is 0 Å². The van der Waals surface area contributed by atoms with Gasteiger partial charge in [0.25, 0.3) is 5.69 Å². The van der Waals surface area contributed by atoms with E-state index in [0.29, 0.717) is 5.56 Å². The van der Waals surface area contributed by atoms with Crippen molar-refractivity contribution in [3.8, 4) is 0 Å². The summed E-state index contributed by atoms with van der Waals surface area (Å²) in [6.45, 7) is 4.01. The van der Waals surface area contributed by atoms with Gasteiger partial charge in [0.1, 0.15) is 0 Å². The molecule has 5 nitrogen and oxygen atoms in total. The van der Waals surface area contributed by atoms with E-state index in [1.807, 2.05) is 38.1 Å². The normalized spacial score (nSPS) is 12.1. The highest BCUT2D eigenvalue weighted by atomic mass is 16.6. The molecule has 124 valence electrons. The number of nitro benzene ring substituents is 1. The van der Waals surface area contributed by atoms with Gasteiger partial charge in [-0.25, -0.2) is 0 Å². The Morgan fingerprint density at radius 2 is 1.88 bits per heavy atom. The van der Waals surface area contributed by atoms with Crippen LogP contribution >= 0.6 is 0 Å². The van der Waals surface area contributed by atoms with Crippen molar-refractivity contribution < 1.29 is 9.72 Å². The van der Waals surface area contributed by atoms with E-state index in [-0.39, 0.29) is 17.6 Å². The molecule has 0 saturated carbocycles. The maximum absolute atomic E-state index is 12.1. The van der Waals surface area contributed by atoms with E-state index in [1.54, 1.807) is 18.2 Å². The number of hydrogen-bond acceptors (Lipinski definition) is 3. The molecule has 24 heavy (non-hydrogen) atoms. The lowest BCUT2D eigenvalue weighted by Gasteiger charge is -2.16. The molecular weight excluding hydrogens is 304 g/mol. The summed E-state index contributed by atoms with van der Waals surface area (Å²) in [5, 5.41) is 13.9. The van der Waals surface area contributed by atoms with Gasteiger partial charge in [-0.2, -0.15) is 0 Å². The first kappa shape index (κ1) is 17.4. The van der Waals surface area contributed by atoms with Gasteiger partial charge in [0.05, 0.1) is 16.5 Å². The number of nitro groups is 1. The average Bonchev–Trinajstić information content (AvgIpc) is 2.59. The van der Waals surface area contributed by atoms with Gasteiger partial charge in [0.2, 0.25) is 5.91 Å². The van der Waals surface area contributed by atoms with Crippen LogP contribution in [0.2, 0.25) is 0 Å². The lowest BCUT2D eigenvalue weighted by Crippen LogP contribution is -2.26. The summed E-state index contributed by atoms with van der Waals surface area (Å²) in [7, 11) is 0. The van der Waals surface area contributed by atoms with E-state index in [4.69, 9.17) is 0 Å². The van der Waals surface area contributed by atoms with Gasteiger partial charge >= 0.3 is 0 Å². The van der Waals surface area contributed by atoms with Crippen LogP contribution in [0.15, 0.2) is 54.6 Å². The first-order chi connectivity index (χ1) is 11.5. The maximum atomic E-state index is 12.1. The quantitative estimate of drug-likeness (QED) is 0.492. The predicted octanol–water partition coefficient (Wildman–Crippen LogP) is 4.18. The second-order valence-corrected chi connectivity index (χ2v) is 5.53. The molecule has 1 amide bonds. The summed E-state index contributed by atoms with van der Waals surface area (Å²) >= 11 is 0. The molecule has 2 aromatic rings. The van der Waals surface area contributed by atoms with Crippen LogP contribution in [-0.4, -0.2) is 10.8 Å². The van der Waals surface area contributed by atoms with Gasteiger partial charge < -0.3 is 5.32 Å². The highest BCUT2D eigenvalue weighted by Crippen LogP contribution is 2.20. The van der Waals surface area contributed by atoms with E-state index in [1.165, 1.54) is 18.2 Å². The molecule has 0 heterocycles. The van der Waals surface area contributed by atoms with Gasteiger partial charge in [-0.3, -0.25) is 14.9 Å². The van der Waals surface area contributed by atoms with Crippen molar-refractivity contribution in [2.45, 2.75) is 26.3 Å². The fourth-order valence-corrected chi connectivity index (χ4v) is 2.40. The lowest BCUT2D eigenvalue weighted by molar-refractivity contribution is -0.385. The summed E-state index contributed by atoms with van der Waals surface area (Å²) in [5.74, 6) is -0.277. The summed E-state index contributed by atoms with van der Waals surface area (Å²) < 4.78 is 0. The molecule has 2 aromatic carbocycles. The van der Waals surface area contributed by atoms with Crippen LogP contribution in [-0.2, 0) is 4.79 Å². The minimum atomic E-state index is -0.460. The van der Waals surface area contributed by atoms with Gasteiger partial charge in [-0.05, 0) is 31.1 Å². The van der Waals surface area contributed by atoms with Crippen LogP contribution in [0.4, 0.5) is 5.69 Å². The number of para-hydroxylation sites is 1. The fourth-order valence-electron chi connectivity index (χ4n) is 2.40. The zero-order chi connectivity index (χ0) is 17.5. The van der Waals surface area contributed by atoms with E-state index < -0.39 is 4.92 Å². The Hall–Kier alpha value is -2.95. The number of benzene rings is 2. The van der Waals surface area contributed by atoms with Crippen molar-refractivity contribution in [1.82, 2.24) is 5.32 Å². The minimum Gasteiger partial charge on any atom is -0.346 e. The molecule has 0 aliphatic heterocycles. The van der Waals surface area contributed by atoms with Gasteiger partial charge in [0, 0.05) is 12.1 Å². The molecule has 0 spiro atoms. The zero-order valence-electron chi connectivity index (χ0n) is 13.7. The number of aryl methyl sites for hydroxylation is 1. The van der Waals surface area contributed by atoms with Gasteiger partial charge in [0.15, 0.2) is 0 Å². The summed E-state index contributed by atoms with van der Waals surface area (Å²) in [5.41, 5.74) is 2.58. The van der Waals surface area contributed by atoms with E-state index >= 15 is 0 Å². The van der Waals surface area contributed by atoms with Crippen LogP contribution in [0.5, 0.6) is 0 Å². The fraction of sp³-hybridized carbons (Fsp3) is 0.211. The Bertz CT molecular complexity index is 751. The van der Waals surface area contributed by atoms with E-state index in [9.17, 15) is 14.9 Å². The number of nitrogens with one attached hydrogen (secondary N) is 1. The molecule has 5 heteroatoms. The molecule has 0 unspecified atom stereocenters. The van der Waals surface area contributed by atoms with Crippen molar-refractivity contribution in [3.63, 3.8) is 0 Å². The maximum Gasteiger partial charge on any atom is 0.276 e. The topological polar surface area (TPSA) is 72.2 Å². The van der Waals surface area contributed by atoms with E-state index in [0.717, 1.165) is 17.5 Å². The van der Waals surface area contributed by atoms with Crippen LogP contribution in [0.25, 0.3) is 6.08 Å². The van der Waals surface area contributed by atoms with Gasteiger partial charge in [-0.15, -0.1) is 0 Å². The number of nitrogens with zero attached hydrogens (tertiary/aromatic N) is 1. The SMILES string of the molecule is CC[C@H](NC(=O)/C=C/c1ccccc1[N+](=O)[O-])c1ccc(C)cc1. The smallest absolute Gasteiger partial charge is 0.276 e. The first-order valence-corrected chi connectivity index (χ1v) is 7.79. The third-order valence-corrected chi connectivity index (χ3v) is 3.75. The highest BCUT2D eigenvalue weighted by molar-refractivity contribution is 5.92. The largest absolute Gasteiger partial charge is 0.346 e. The van der Waals surface area contributed by atoms with Crippen molar-refractivity contribution >= 4 is 17.7 Å². The molecule has 1 atom stereocenters. The molecule has 0 saturated heterocycles. The summed E-state index contributed by atoms with van der Waals surface area (Å²) in [4.78, 5) is 22.7. The number of carbonyl (C=O) groups excluding carboxylic acids is 1. The molecule has 1 N–H and O–H groups in total. The number of carbonyl (C=O) groups is 1. The number of rotatable bonds is 6. The minimum absolute atomic E-state index is 0.0212. The molecular formula is C19H20N2O3. The van der Waals surface area contributed by atoms with Gasteiger partial charge in [-0.1, -0.05) is 48.9 Å². The number of hydrogen-bond donors (Lipinski definition) is 1. The third-order valence-electron chi connectivity index (χ3n) is 3.75. The second kappa shape index (κ2) is 8.06. The van der Waals surface area contributed by atoms with E-state index in [2.05, 4.69) is 5.32 Å². The zero-order valence-corrected chi connectivity index (χ0v) is 13.7.